The van der Waals surface area contributed by atoms with Gasteiger partial charge in [-0.05, 0) is 48.6 Å². The fourth-order valence-corrected chi connectivity index (χ4v) is 5.47. The highest BCUT2D eigenvalue weighted by atomic mass is 16.6. The zero-order valence-electron chi connectivity index (χ0n) is 26.1. The molecule has 0 radical (unpaired) electrons. The lowest BCUT2D eigenvalue weighted by molar-refractivity contribution is -0.165. The van der Waals surface area contributed by atoms with Crippen molar-refractivity contribution in [3.8, 4) is 16.9 Å². The molecule has 240 valence electrons. The lowest BCUT2D eigenvalue weighted by Gasteiger charge is -2.36. The Labute approximate surface area is 265 Å². The minimum atomic E-state index is -0.479. The molecule has 0 saturated carbocycles. The second-order valence-electron chi connectivity index (χ2n) is 11.3. The number of nitrogens with two attached hydrogens (primary N) is 1. The molecule has 0 atom stereocenters. The molecule has 45 heavy (non-hydrogen) atoms. The van der Waals surface area contributed by atoms with Crippen molar-refractivity contribution >= 4 is 23.6 Å². The Morgan fingerprint density at radius 1 is 0.911 bits per heavy atom. The van der Waals surface area contributed by atoms with Crippen LogP contribution in [0.25, 0.3) is 11.1 Å². The number of amides is 3. The van der Waals surface area contributed by atoms with Crippen molar-refractivity contribution in [1.29, 1.82) is 0 Å². The molecule has 10 heteroatoms. The van der Waals surface area contributed by atoms with Crippen LogP contribution in [0.1, 0.15) is 51.0 Å². The third-order valence-electron chi connectivity index (χ3n) is 7.98. The molecule has 0 aromatic heterocycles. The standard InChI is InChI=1S/C35H45N5O5/c1-2-3-9-21-39(40(34(43)25-36)26-27-14-16-29(41)17-15-27)33(42)20-24-38-22-18-30(19-23-38)45-35(44)37-32-13-8-7-12-31(32)28-10-5-4-6-11-28/h4-8,10-17,30,41H,2-3,9,18-26,36H2,1H3,(H,37,44). The highest BCUT2D eigenvalue weighted by Crippen LogP contribution is 2.28. The van der Waals surface area contributed by atoms with Gasteiger partial charge >= 0.3 is 6.09 Å². The molecule has 4 N–H and O–H groups in total. The van der Waals surface area contributed by atoms with Crippen LogP contribution in [0.4, 0.5) is 10.5 Å². The van der Waals surface area contributed by atoms with E-state index in [1.165, 1.54) is 5.01 Å². The molecule has 1 aliphatic rings. The fourth-order valence-electron chi connectivity index (χ4n) is 5.47. The van der Waals surface area contributed by atoms with Gasteiger partial charge < -0.3 is 20.5 Å². The topological polar surface area (TPSA) is 128 Å². The molecule has 1 heterocycles. The maximum atomic E-state index is 13.5. The van der Waals surface area contributed by atoms with Crippen molar-refractivity contribution in [2.75, 3.05) is 38.0 Å². The number of hydrogen-bond acceptors (Lipinski definition) is 7. The quantitative estimate of drug-likeness (QED) is 0.174. The lowest BCUT2D eigenvalue weighted by atomic mass is 10.0. The van der Waals surface area contributed by atoms with Crippen molar-refractivity contribution in [2.24, 2.45) is 5.73 Å². The molecule has 0 spiro atoms. The van der Waals surface area contributed by atoms with Gasteiger partial charge in [0.2, 0.25) is 5.91 Å². The normalized spacial score (nSPS) is 13.6. The molecule has 3 aromatic rings. The number of unbranched alkanes of at least 4 members (excludes halogenated alkanes) is 2. The predicted molar refractivity (Wildman–Crippen MR) is 175 cm³/mol. The van der Waals surface area contributed by atoms with Gasteiger partial charge in [-0.15, -0.1) is 0 Å². The number of rotatable bonds is 13. The molecule has 0 aliphatic carbocycles. The van der Waals surface area contributed by atoms with Crippen molar-refractivity contribution in [1.82, 2.24) is 14.9 Å². The van der Waals surface area contributed by atoms with Crippen molar-refractivity contribution < 1.29 is 24.2 Å². The van der Waals surface area contributed by atoms with E-state index in [1.807, 2.05) is 54.6 Å². The van der Waals surface area contributed by atoms with Gasteiger partial charge in [-0.1, -0.05) is 80.4 Å². The number of likely N-dealkylation sites (tertiary alicyclic amines) is 1. The Morgan fingerprint density at radius 3 is 2.29 bits per heavy atom. The van der Waals surface area contributed by atoms with Gasteiger partial charge in [-0.3, -0.25) is 19.9 Å². The summed E-state index contributed by atoms with van der Waals surface area (Å²) in [5.41, 5.74) is 9.16. The van der Waals surface area contributed by atoms with Gasteiger partial charge in [0.15, 0.2) is 0 Å². The Morgan fingerprint density at radius 2 is 1.60 bits per heavy atom. The van der Waals surface area contributed by atoms with Crippen molar-refractivity contribution in [2.45, 2.75) is 58.1 Å². The monoisotopic (exact) mass is 615 g/mol. The number of carbonyl (C=O) groups excluding carboxylic acids is 3. The Hall–Kier alpha value is -4.41. The van der Waals surface area contributed by atoms with Crippen molar-refractivity contribution in [3.63, 3.8) is 0 Å². The fraction of sp³-hybridized carbons (Fsp3) is 0.400. The smallest absolute Gasteiger partial charge is 0.411 e. The summed E-state index contributed by atoms with van der Waals surface area (Å²) in [6, 6.07) is 24.1. The summed E-state index contributed by atoms with van der Waals surface area (Å²) in [6.07, 6.45) is 3.58. The van der Waals surface area contributed by atoms with E-state index in [0.29, 0.717) is 44.7 Å². The van der Waals surface area contributed by atoms with Crippen LogP contribution in [0.2, 0.25) is 0 Å². The summed E-state index contributed by atoms with van der Waals surface area (Å²) in [5.74, 6) is -0.341. The number of anilines is 1. The molecule has 0 unspecified atom stereocenters. The van der Waals surface area contributed by atoms with Crippen LogP contribution < -0.4 is 11.1 Å². The average Bonchev–Trinajstić information content (AvgIpc) is 3.06. The highest BCUT2D eigenvalue weighted by Gasteiger charge is 2.27. The third kappa shape index (κ3) is 10.1. The van der Waals surface area contributed by atoms with Crippen LogP contribution in [-0.4, -0.2) is 76.8 Å². The number of ether oxygens (including phenoxy) is 1. The minimum Gasteiger partial charge on any atom is -0.508 e. The molecule has 1 saturated heterocycles. The first-order valence-electron chi connectivity index (χ1n) is 15.8. The summed E-state index contributed by atoms with van der Waals surface area (Å²) in [5, 5.41) is 15.5. The number of carbonyl (C=O) groups is 3. The molecule has 10 nitrogen and oxygen atoms in total. The van der Waals surface area contributed by atoms with Crippen LogP contribution in [-0.2, 0) is 20.9 Å². The zero-order chi connectivity index (χ0) is 32.0. The SMILES string of the molecule is CCCCCN(C(=O)CCN1CCC(OC(=O)Nc2ccccc2-c2ccccc2)CC1)N(Cc1ccc(O)cc1)C(=O)CN. The number of nitrogens with one attached hydrogen (secondary N) is 1. The third-order valence-corrected chi connectivity index (χ3v) is 7.98. The Balaban J connectivity index is 1.29. The first kappa shape index (κ1) is 33.5. The lowest BCUT2D eigenvalue weighted by Crippen LogP contribution is -2.52. The summed E-state index contributed by atoms with van der Waals surface area (Å²) >= 11 is 0. The molecule has 3 amide bonds. The number of benzene rings is 3. The van der Waals surface area contributed by atoms with Crippen LogP contribution in [0, 0.1) is 0 Å². The van der Waals surface area contributed by atoms with E-state index in [1.54, 1.807) is 29.3 Å². The summed E-state index contributed by atoms with van der Waals surface area (Å²) in [4.78, 5) is 41.4. The number of para-hydroxylation sites is 1. The van der Waals surface area contributed by atoms with Gasteiger partial charge in [0.05, 0.1) is 18.8 Å². The molecule has 4 rings (SSSR count). The van der Waals surface area contributed by atoms with Crippen LogP contribution >= 0.6 is 0 Å². The van der Waals surface area contributed by atoms with Gasteiger partial charge in [-0.2, -0.15) is 0 Å². The van der Waals surface area contributed by atoms with E-state index >= 15 is 0 Å². The van der Waals surface area contributed by atoms with Crippen molar-refractivity contribution in [3.05, 3.63) is 84.4 Å². The molecule has 1 aliphatic heterocycles. The van der Waals surface area contributed by atoms with E-state index in [4.69, 9.17) is 10.5 Å². The van der Waals surface area contributed by atoms with E-state index in [9.17, 15) is 19.5 Å². The van der Waals surface area contributed by atoms with Crippen LogP contribution in [0.5, 0.6) is 5.75 Å². The maximum absolute atomic E-state index is 13.5. The molecule has 3 aromatic carbocycles. The number of nitrogens with zero attached hydrogens (tertiary/aromatic N) is 3. The average molecular weight is 616 g/mol. The number of hydrogen-bond donors (Lipinski definition) is 3. The first-order chi connectivity index (χ1) is 21.9. The number of piperidine rings is 1. The van der Waals surface area contributed by atoms with Gasteiger partial charge in [0.25, 0.3) is 5.91 Å². The van der Waals surface area contributed by atoms with Crippen LogP contribution in [0.3, 0.4) is 0 Å². The Bertz CT molecular complexity index is 1380. The zero-order valence-corrected chi connectivity index (χ0v) is 26.1. The first-order valence-corrected chi connectivity index (χ1v) is 15.8. The van der Waals surface area contributed by atoms with Crippen LogP contribution in [0.15, 0.2) is 78.9 Å². The largest absolute Gasteiger partial charge is 0.508 e. The second-order valence-corrected chi connectivity index (χ2v) is 11.3. The van der Waals surface area contributed by atoms with E-state index in [2.05, 4.69) is 17.1 Å². The van der Waals surface area contributed by atoms with Gasteiger partial charge in [0, 0.05) is 38.2 Å². The molecular weight excluding hydrogens is 570 g/mol. The minimum absolute atomic E-state index is 0.134. The summed E-state index contributed by atoms with van der Waals surface area (Å²) in [6.45, 7) is 4.42. The summed E-state index contributed by atoms with van der Waals surface area (Å²) in [7, 11) is 0. The second kappa shape index (κ2) is 17.2. The number of aromatic hydroxyl groups is 1. The van der Waals surface area contributed by atoms with Gasteiger partial charge in [-0.25, -0.2) is 9.80 Å². The van der Waals surface area contributed by atoms with Gasteiger partial charge in [0.1, 0.15) is 11.9 Å². The maximum Gasteiger partial charge on any atom is 0.411 e. The number of phenols is 1. The molecular formula is C35H45N5O5. The van der Waals surface area contributed by atoms with E-state index < -0.39 is 6.09 Å². The summed E-state index contributed by atoms with van der Waals surface area (Å²) < 4.78 is 5.76. The number of hydrazine groups is 1. The highest BCUT2D eigenvalue weighted by molar-refractivity contribution is 5.91. The number of phenolic OH excluding ortho intramolecular Hbond substituents is 1. The van der Waals surface area contributed by atoms with E-state index in [0.717, 1.165) is 36.0 Å². The Kier molecular flexibility index (Phi) is 12.8. The van der Waals surface area contributed by atoms with E-state index in [-0.39, 0.29) is 43.2 Å². The molecule has 0 bridgehead atoms. The predicted octanol–water partition coefficient (Wildman–Crippen LogP) is 5.38. The molecule has 1 fully saturated rings.